The Labute approximate surface area is 257 Å². The van der Waals surface area contributed by atoms with Crippen LogP contribution in [-0.4, -0.2) is 87.0 Å². The van der Waals surface area contributed by atoms with Gasteiger partial charge in [0, 0.05) is 55.6 Å². The molecule has 3 aromatic rings. The van der Waals surface area contributed by atoms with Crippen LogP contribution in [0, 0.1) is 6.92 Å². The predicted molar refractivity (Wildman–Crippen MR) is 162 cm³/mol. The number of anilines is 2. The lowest BCUT2D eigenvalue weighted by Crippen LogP contribution is -2.47. The van der Waals surface area contributed by atoms with Gasteiger partial charge in [-0.2, -0.15) is 13.2 Å². The third-order valence-electron chi connectivity index (χ3n) is 8.07. The van der Waals surface area contributed by atoms with Crippen LogP contribution >= 0.6 is 11.3 Å². The van der Waals surface area contributed by atoms with Crippen molar-refractivity contribution in [1.82, 2.24) is 24.8 Å². The number of hydrogen-bond donors (Lipinski definition) is 2. The van der Waals surface area contributed by atoms with Crippen molar-refractivity contribution in [2.24, 2.45) is 0 Å². The third kappa shape index (κ3) is 7.90. The highest BCUT2D eigenvalue weighted by molar-refractivity contribution is 7.16. The molecule has 2 aliphatic rings. The van der Waals surface area contributed by atoms with Crippen LogP contribution in [0.4, 0.5) is 24.1 Å². The molecule has 2 saturated heterocycles. The number of carbonyl (C=O) groups excluding carboxylic acids is 1. The molecule has 2 fully saturated rings. The summed E-state index contributed by atoms with van der Waals surface area (Å²) in [4.78, 5) is 44.6. The Kier molecular flexibility index (Phi) is 9.81. The first-order valence-electron chi connectivity index (χ1n) is 14.7. The van der Waals surface area contributed by atoms with Gasteiger partial charge in [0.25, 0.3) is 5.91 Å². The highest BCUT2D eigenvalue weighted by Crippen LogP contribution is 2.38. The van der Waals surface area contributed by atoms with Crippen LogP contribution in [0.5, 0.6) is 0 Å². The topological polar surface area (TPSA) is 115 Å². The smallest absolute Gasteiger partial charge is 0.416 e. The molecule has 2 N–H and O–H groups in total. The minimum absolute atomic E-state index is 0.0995. The Morgan fingerprint density at radius 3 is 2.50 bits per heavy atom. The van der Waals surface area contributed by atoms with E-state index < -0.39 is 23.6 Å². The number of aryl methyl sites for hydroxylation is 1. The zero-order valence-corrected chi connectivity index (χ0v) is 25.5. The predicted octanol–water partition coefficient (Wildman–Crippen LogP) is 5.15. The maximum atomic E-state index is 13.6. The number of alkyl halides is 3. The van der Waals surface area contributed by atoms with Crippen molar-refractivity contribution >= 4 is 34.2 Å². The van der Waals surface area contributed by atoms with Gasteiger partial charge in [-0.05, 0) is 70.0 Å². The molecule has 236 valence electrons. The molecule has 1 atom stereocenters. The lowest BCUT2D eigenvalue weighted by molar-refractivity contribution is -0.138. The first-order valence-corrected chi connectivity index (χ1v) is 15.5. The van der Waals surface area contributed by atoms with Crippen molar-refractivity contribution in [1.29, 1.82) is 0 Å². The fourth-order valence-corrected chi connectivity index (χ4v) is 6.66. The number of carbonyl (C=O) groups is 2. The molecule has 10 nitrogen and oxygen atoms in total. The van der Waals surface area contributed by atoms with E-state index in [9.17, 15) is 22.8 Å². The molecule has 0 saturated carbocycles. The Balaban J connectivity index is 1.28. The Bertz CT molecular complexity index is 1470. The second kappa shape index (κ2) is 13.6. The van der Waals surface area contributed by atoms with Gasteiger partial charge in [0.05, 0.1) is 23.7 Å². The third-order valence-corrected chi connectivity index (χ3v) is 9.02. The van der Waals surface area contributed by atoms with Crippen LogP contribution in [0.25, 0.3) is 11.3 Å². The summed E-state index contributed by atoms with van der Waals surface area (Å²) >= 11 is 1.26. The highest BCUT2D eigenvalue weighted by Gasteiger charge is 2.32. The first kappa shape index (κ1) is 31.8. The summed E-state index contributed by atoms with van der Waals surface area (Å²) in [6.07, 6.45) is 1.34. The minimum Gasteiger partial charge on any atom is -0.481 e. The van der Waals surface area contributed by atoms with E-state index in [-0.39, 0.29) is 17.2 Å². The van der Waals surface area contributed by atoms with Crippen LogP contribution in [0.1, 0.15) is 59.1 Å². The second-order valence-corrected chi connectivity index (χ2v) is 12.5. The van der Waals surface area contributed by atoms with Crippen LogP contribution in [0.15, 0.2) is 30.6 Å². The molecule has 0 bridgehead atoms. The van der Waals surface area contributed by atoms with Gasteiger partial charge >= 0.3 is 12.1 Å². The molecule has 5 rings (SSSR count). The van der Waals surface area contributed by atoms with E-state index in [2.05, 4.69) is 41.9 Å². The van der Waals surface area contributed by atoms with E-state index in [0.717, 1.165) is 56.0 Å². The number of amides is 1. The largest absolute Gasteiger partial charge is 0.481 e. The summed E-state index contributed by atoms with van der Waals surface area (Å²) in [6.45, 7) is 8.89. The minimum atomic E-state index is -4.49. The Hall–Kier alpha value is -3.62. The molecule has 1 amide bonds. The number of aromatic nitrogens is 3. The number of halogens is 3. The summed E-state index contributed by atoms with van der Waals surface area (Å²) < 4.78 is 40.9. The van der Waals surface area contributed by atoms with E-state index in [1.54, 1.807) is 19.2 Å². The van der Waals surface area contributed by atoms with Gasteiger partial charge < -0.3 is 10.0 Å². The van der Waals surface area contributed by atoms with Gasteiger partial charge in [-0.3, -0.25) is 24.7 Å². The van der Waals surface area contributed by atoms with Crippen LogP contribution in [-0.2, 0) is 17.5 Å². The Morgan fingerprint density at radius 2 is 1.86 bits per heavy atom. The van der Waals surface area contributed by atoms with E-state index in [1.165, 1.54) is 17.5 Å². The number of aliphatic carboxylic acids is 1. The number of hydrogen-bond acceptors (Lipinski definition) is 9. The summed E-state index contributed by atoms with van der Waals surface area (Å²) in [5, 5.41) is 11.9. The van der Waals surface area contributed by atoms with E-state index >= 15 is 0 Å². The molecule has 0 aliphatic carbocycles. The summed E-state index contributed by atoms with van der Waals surface area (Å²) in [5.74, 6) is -0.652. The summed E-state index contributed by atoms with van der Waals surface area (Å²) in [5.41, 5.74) is 0.636. The Morgan fingerprint density at radius 1 is 1.09 bits per heavy atom. The molecule has 14 heteroatoms. The number of thiazole rings is 1. The lowest BCUT2D eigenvalue weighted by Gasteiger charge is -2.35. The normalized spacial score (nSPS) is 18.1. The zero-order chi connectivity index (χ0) is 31.4. The van der Waals surface area contributed by atoms with E-state index in [4.69, 9.17) is 5.11 Å². The molecular formula is C30H36F3N7O3S. The quantitative estimate of drug-likeness (QED) is 0.314. The number of carboxylic acids is 1. The molecular weight excluding hydrogens is 595 g/mol. The van der Waals surface area contributed by atoms with Crippen molar-refractivity contribution < 1.29 is 27.9 Å². The molecule has 0 radical (unpaired) electrons. The van der Waals surface area contributed by atoms with Gasteiger partial charge in [0.2, 0.25) is 0 Å². The zero-order valence-electron chi connectivity index (χ0n) is 24.7. The molecule has 2 aliphatic heterocycles. The molecule has 1 aromatic carbocycles. The van der Waals surface area contributed by atoms with Gasteiger partial charge in [-0.15, -0.1) is 0 Å². The number of carboxylic acid groups (broad SMARTS) is 1. The van der Waals surface area contributed by atoms with Crippen molar-refractivity contribution in [3.8, 4) is 11.3 Å². The fraction of sp³-hybridized carbons (Fsp3) is 0.500. The van der Waals surface area contributed by atoms with Crippen molar-refractivity contribution in [2.45, 2.75) is 58.3 Å². The number of nitrogens with zero attached hydrogens (tertiary/aromatic N) is 6. The number of benzene rings is 1. The fourth-order valence-electron chi connectivity index (χ4n) is 5.65. The van der Waals surface area contributed by atoms with Gasteiger partial charge in [0.15, 0.2) is 5.13 Å². The van der Waals surface area contributed by atoms with E-state index in [1.807, 2.05) is 0 Å². The summed E-state index contributed by atoms with van der Waals surface area (Å²) in [6, 6.07) is 4.27. The average molecular weight is 632 g/mol. The van der Waals surface area contributed by atoms with Crippen LogP contribution in [0.2, 0.25) is 0 Å². The monoisotopic (exact) mass is 631 g/mol. The van der Waals surface area contributed by atoms with Crippen molar-refractivity contribution in [3.05, 3.63) is 52.3 Å². The molecule has 1 unspecified atom stereocenters. The van der Waals surface area contributed by atoms with Gasteiger partial charge in [0.1, 0.15) is 11.5 Å². The average Bonchev–Trinajstić information content (AvgIpc) is 3.57. The van der Waals surface area contributed by atoms with Gasteiger partial charge in [-0.25, -0.2) is 15.0 Å². The van der Waals surface area contributed by atoms with Crippen molar-refractivity contribution in [2.75, 3.05) is 49.5 Å². The van der Waals surface area contributed by atoms with Crippen molar-refractivity contribution in [3.63, 3.8) is 0 Å². The molecule has 44 heavy (non-hydrogen) atoms. The maximum Gasteiger partial charge on any atom is 0.416 e. The van der Waals surface area contributed by atoms with E-state index in [0.29, 0.717) is 54.7 Å². The number of likely N-dealkylation sites (tertiary alicyclic amines) is 1. The molecule has 0 spiro atoms. The maximum absolute atomic E-state index is 13.6. The highest BCUT2D eigenvalue weighted by atomic mass is 32.1. The summed E-state index contributed by atoms with van der Waals surface area (Å²) in [7, 11) is 0. The standard InChI is InChI=1S/C30H36F3N7O3S/c1-19-13-21(15-22(14-19)30(31,32)33)27-24(18-40-8-3-5-20(40)2)44-29(36-27)37-28(43)23-16-35-25(17-34-23)39-11-9-38(10-12-39)7-4-6-26(41)42/h13-17,20H,3-12,18H2,1-2H3,(H,41,42)(H,36,37,43). The van der Waals surface area contributed by atoms with Crippen LogP contribution < -0.4 is 10.2 Å². The van der Waals surface area contributed by atoms with Gasteiger partial charge in [-0.1, -0.05) is 11.3 Å². The lowest BCUT2D eigenvalue weighted by atomic mass is 10.0. The second-order valence-electron chi connectivity index (χ2n) is 11.4. The number of piperazine rings is 1. The molecule has 4 heterocycles. The first-order chi connectivity index (χ1) is 21.0. The number of rotatable bonds is 10. The SMILES string of the molecule is Cc1cc(-c2nc(NC(=O)c3cnc(N4CCN(CCCC(=O)O)CC4)cn3)sc2CN2CCCC2C)cc(C(F)(F)F)c1. The number of nitrogens with one attached hydrogen (secondary N) is 1. The molecule has 2 aromatic heterocycles. The van der Waals surface area contributed by atoms with Crippen LogP contribution in [0.3, 0.4) is 0 Å².